The summed E-state index contributed by atoms with van der Waals surface area (Å²) in [5.74, 6) is 0. The van der Waals surface area contributed by atoms with Crippen molar-refractivity contribution in [3.8, 4) is 0 Å². The van der Waals surface area contributed by atoms with E-state index in [1.54, 1.807) is 12.1 Å². The number of nitrogen functional groups attached to an aromatic ring is 1. The molecule has 0 aliphatic heterocycles. The van der Waals surface area contributed by atoms with E-state index < -0.39 is 0 Å². The van der Waals surface area contributed by atoms with E-state index in [1.807, 2.05) is 31.2 Å². The Morgan fingerprint density at radius 3 is 2.76 bits per heavy atom. The van der Waals surface area contributed by atoms with Gasteiger partial charge in [-0.1, -0.05) is 12.1 Å². The maximum Gasteiger partial charge on any atom is 0.336 e. The van der Waals surface area contributed by atoms with Crippen molar-refractivity contribution in [3.05, 3.63) is 70.1 Å². The fourth-order valence-electron chi connectivity index (χ4n) is 2.23. The second-order valence-corrected chi connectivity index (χ2v) is 5.05. The van der Waals surface area contributed by atoms with Crippen molar-refractivity contribution < 1.29 is 4.42 Å². The first-order valence-electron chi connectivity index (χ1n) is 6.74. The van der Waals surface area contributed by atoms with E-state index in [0.29, 0.717) is 12.1 Å². The van der Waals surface area contributed by atoms with Gasteiger partial charge in [-0.05, 0) is 48.4 Å². The summed E-state index contributed by atoms with van der Waals surface area (Å²) in [6, 6.07) is 14.8. The van der Waals surface area contributed by atoms with E-state index in [-0.39, 0.29) is 5.63 Å². The fraction of sp³-hybridized carbons (Fsp3) is 0.118. The number of benzene rings is 2. The second-order valence-electron chi connectivity index (χ2n) is 5.05. The molecule has 0 aliphatic carbocycles. The second kappa shape index (κ2) is 5.32. The third-order valence-corrected chi connectivity index (χ3v) is 3.45. The SMILES string of the molecule is Cc1cc(CNc2ccc3oc(=O)ccc3c2)ccc1N. The maximum absolute atomic E-state index is 11.1. The van der Waals surface area contributed by atoms with Gasteiger partial charge in [0.1, 0.15) is 5.58 Å². The lowest BCUT2D eigenvalue weighted by atomic mass is 10.1. The van der Waals surface area contributed by atoms with Crippen LogP contribution in [0.25, 0.3) is 11.0 Å². The van der Waals surface area contributed by atoms with Crippen molar-refractivity contribution in [1.82, 2.24) is 0 Å². The Bertz CT molecular complexity index is 853. The molecule has 106 valence electrons. The minimum absolute atomic E-state index is 0.333. The van der Waals surface area contributed by atoms with Crippen LogP contribution in [0.3, 0.4) is 0 Å². The zero-order valence-electron chi connectivity index (χ0n) is 11.7. The molecule has 0 saturated heterocycles. The van der Waals surface area contributed by atoms with Crippen LogP contribution in [0.4, 0.5) is 11.4 Å². The molecule has 0 radical (unpaired) electrons. The maximum atomic E-state index is 11.1. The fourth-order valence-corrected chi connectivity index (χ4v) is 2.23. The molecule has 4 nitrogen and oxygen atoms in total. The summed E-state index contributed by atoms with van der Waals surface area (Å²) >= 11 is 0. The first-order valence-corrected chi connectivity index (χ1v) is 6.74. The number of rotatable bonds is 3. The Balaban J connectivity index is 1.80. The van der Waals surface area contributed by atoms with Crippen molar-refractivity contribution in [2.45, 2.75) is 13.5 Å². The minimum atomic E-state index is -0.333. The van der Waals surface area contributed by atoms with Crippen molar-refractivity contribution in [2.75, 3.05) is 11.1 Å². The predicted octanol–water partition coefficient (Wildman–Crippen LogP) is 3.30. The molecule has 1 aromatic heterocycles. The van der Waals surface area contributed by atoms with E-state index in [9.17, 15) is 4.79 Å². The van der Waals surface area contributed by atoms with Crippen molar-refractivity contribution in [2.24, 2.45) is 0 Å². The molecule has 21 heavy (non-hydrogen) atoms. The summed E-state index contributed by atoms with van der Waals surface area (Å²) in [5.41, 5.74) is 10.1. The Morgan fingerprint density at radius 2 is 1.95 bits per heavy atom. The van der Waals surface area contributed by atoms with Crippen molar-refractivity contribution in [1.29, 1.82) is 0 Å². The lowest BCUT2D eigenvalue weighted by molar-refractivity contribution is 0.561. The zero-order chi connectivity index (χ0) is 14.8. The normalized spacial score (nSPS) is 10.7. The standard InChI is InChI=1S/C17H16N2O2/c1-11-8-12(2-5-15(11)18)10-19-14-4-6-16-13(9-14)3-7-17(20)21-16/h2-9,19H,10,18H2,1H3. The summed E-state index contributed by atoms with van der Waals surface area (Å²) in [5, 5.41) is 4.25. The molecule has 0 bridgehead atoms. The smallest absolute Gasteiger partial charge is 0.336 e. The Hall–Kier alpha value is -2.75. The highest BCUT2D eigenvalue weighted by Crippen LogP contribution is 2.19. The molecule has 3 rings (SSSR count). The van der Waals surface area contributed by atoms with Gasteiger partial charge in [0.2, 0.25) is 0 Å². The van der Waals surface area contributed by atoms with Crippen LogP contribution in [0, 0.1) is 6.92 Å². The molecular formula is C17H16N2O2. The first-order chi connectivity index (χ1) is 10.1. The van der Waals surface area contributed by atoms with Gasteiger partial charge in [0, 0.05) is 29.4 Å². The molecule has 3 aromatic rings. The van der Waals surface area contributed by atoms with Crippen LogP contribution in [0.1, 0.15) is 11.1 Å². The highest BCUT2D eigenvalue weighted by molar-refractivity contribution is 5.80. The quantitative estimate of drug-likeness (QED) is 0.570. The van der Waals surface area contributed by atoms with Gasteiger partial charge < -0.3 is 15.5 Å². The number of anilines is 2. The van der Waals surface area contributed by atoms with E-state index in [2.05, 4.69) is 11.4 Å². The van der Waals surface area contributed by atoms with Gasteiger partial charge in [-0.25, -0.2) is 4.79 Å². The molecule has 0 spiro atoms. The van der Waals surface area contributed by atoms with Crippen LogP contribution in [-0.4, -0.2) is 0 Å². The lowest BCUT2D eigenvalue weighted by Crippen LogP contribution is -2.01. The van der Waals surface area contributed by atoms with Crippen LogP contribution >= 0.6 is 0 Å². The number of aryl methyl sites for hydroxylation is 1. The Morgan fingerprint density at radius 1 is 1.10 bits per heavy atom. The molecule has 4 heteroatoms. The monoisotopic (exact) mass is 280 g/mol. The highest BCUT2D eigenvalue weighted by Gasteiger charge is 2.01. The average molecular weight is 280 g/mol. The topological polar surface area (TPSA) is 68.3 Å². The number of nitrogens with two attached hydrogens (primary N) is 1. The number of fused-ring (bicyclic) bond motifs is 1. The van der Waals surface area contributed by atoms with Gasteiger partial charge in [-0.3, -0.25) is 0 Å². The van der Waals surface area contributed by atoms with E-state index in [4.69, 9.17) is 10.2 Å². The van der Waals surface area contributed by atoms with Crippen molar-refractivity contribution >= 4 is 22.3 Å². The molecule has 0 atom stereocenters. The van der Waals surface area contributed by atoms with E-state index in [0.717, 1.165) is 22.3 Å². The van der Waals surface area contributed by atoms with Gasteiger partial charge in [0.15, 0.2) is 0 Å². The minimum Gasteiger partial charge on any atom is -0.423 e. The average Bonchev–Trinajstić information content (AvgIpc) is 2.48. The number of hydrogen-bond donors (Lipinski definition) is 2. The van der Waals surface area contributed by atoms with Gasteiger partial charge in [0.25, 0.3) is 0 Å². The van der Waals surface area contributed by atoms with Crippen molar-refractivity contribution in [3.63, 3.8) is 0 Å². The third-order valence-electron chi connectivity index (χ3n) is 3.45. The molecule has 0 unspecified atom stereocenters. The number of nitrogens with one attached hydrogen (secondary N) is 1. The molecule has 0 aliphatic rings. The van der Waals surface area contributed by atoms with E-state index in [1.165, 1.54) is 11.6 Å². The first kappa shape index (κ1) is 13.2. The van der Waals surface area contributed by atoms with Gasteiger partial charge >= 0.3 is 5.63 Å². The predicted molar refractivity (Wildman–Crippen MR) is 85.4 cm³/mol. The third kappa shape index (κ3) is 2.89. The molecule has 0 saturated carbocycles. The highest BCUT2D eigenvalue weighted by atomic mass is 16.4. The lowest BCUT2D eigenvalue weighted by Gasteiger charge is -2.09. The summed E-state index contributed by atoms with van der Waals surface area (Å²) in [7, 11) is 0. The molecular weight excluding hydrogens is 264 g/mol. The largest absolute Gasteiger partial charge is 0.423 e. The zero-order valence-corrected chi connectivity index (χ0v) is 11.7. The molecule has 3 N–H and O–H groups in total. The summed E-state index contributed by atoms with van der Waals surface area (Å²) in [6.45, 7) is 2.71. The van der Waals surface area contributed by atoms with Gasteiger partial charge in [0.05, 0.1) is 0 Å². The van der Waals surface area contributed by atoms with E-state index >= 15 is 0 Å². The van der Waals surface area contributed by atoms with Gasteiger partial charge in [-0.2, -0.15) is 0 Å². The summed E-state index contributed by atoms with van der Waals surface area (Å²) in [6.07, 6.45) is 0. The Labute approximate surface area is 122 Å². The molecule has 2 aromatic carbocycles. The van der Waals surface area contributed by atoms with Crippen LogP contribution in [-0.2, 0) is 6.54 Å². The molecule has 1 heterocycles. The van der Waals surface area contributed by atoms with Gasteiger partial charge in [-0.15, -0.1) is 0 Å². The van der Waals surface area contributed by atoms with Crippen LogP contribution in [0.2, 0.25) is 0 Å². The molecule has 0 amide bonds. The number of hydrogen-bond acceptors (Lipinski definition) is 4. The molecule has 0 fully saturated rings. The van der Waals surface area contributed by atoms with Crippen LogP contribution < -0.4 is 16.7 Å². The summed E-state index contributed by atoms with van der Waals surface area (Å²) in [4.78, 5) is 11.1. The van der Waals surface area contributed by atoms with Crippen LogP contribution in [0.5, 0.6) is 0 Å². The van der Waals surface area contributed by atoms with Crippen LogP contribution in [0.15, 0.2) is 57.7 Å². The Kier molecular flexibility index (Phi) is 3.36. The summed E-state index contributed by atoms with van der Waals surface area (Å²) < 4.78 is 5.11.